The van der Waals surface area contributed by atoms with Crippen LogP contribution in [0.4, 0.5) is 0 Å². The molecule has 1 aromatic heterocycles. The summed E-state index contributed by atoms with van der Waals surface area (Å²) < 4.78 is 0. The molecule has 0 saturated heterocycles. The molecule has 2 N–H and O–H groups in total. The fourth-order valence-electron chi connectivity index (χ4n) is 1.75. The van der Waals surface area contributed by atoms with Crippen molar-refractivity contribution in [1.82, 2.24) is 9.88 Å². The van der Waals surface area contributed by atoms with Gasteiger partial charge in [0.25, 0.3) is 0 Å². The molecule has 2 aromatic rings. The molecule has 0 aliphatic carbocycles. The Morgan fingerprint density at radius 1 is 0.955 bits per heavy atom. The first-order valence-electron chi connectivity index (χ1n) is 6.56. The van der Waals surface area contributed by atoms with Crippen LogP contribution in [-0.4, -0.2) is 39.1 Å². The molecule has 0 aliphatic rings. The van der Waals surface area contributed by atoms with Gasteiger partial charge in [-0.05, 0) is 24.2 Å². The molecule has 0 fully saturated rings. The number of aromatic nitrogens is 1. The van der Waals surface area contributed by atoms with E-state index in [2.05, 4.69) is 47.3 Å². The summed E-state index contributed by atoms with van der Waals surface area (Å²) in [5.41, 5.74) is 2.59. The summed E-state index contributed by atoms with van der Waals surface area (Å²) in [6.45, 7) is 1.90. The molecule has 1 heterocycles. The minimum absolute atomic E-state index is 0.933. The maximum Gasteiger partial charge on any atom is 0.414 e. The molecule has 0 atom stereocenters. The fraction of sp³-hybridized carbons (Fsp3) is 0.188. The predicted molar refractivity (Wildman–Crippen MR) is 81.1 cm³/mol. The molecule has 0 spiro atoms. The van der Waals surface area contributed by atoms with Gasteiger partial charge in [-0.1, -0.05) is 36.4 Å². The van der Waals surface area contributed by atoms with Crippen LogP contribution in [0.1, 0.15) is 11.1 Å². The standard InChI is InChI=1S/C14H16N2.C2H2O4/c1-16(11-13-6-3-2-4-7-13)12-14-8-5-9-15-10-14;3-1(4)2(5)6/h2-10H,11-12H2,1H3;(H,3,4)(H,5,6). The molecule has 0 aliphatic heterocycles. The Labute approximate surface area is 128 Å². The van der Waals surface area contributed by atoms with E-state index in [1.807, 2.05) is 18.3 Å². The van der Waals surface area contributed by atoms with Crippen molar-refractivity contribution < 1.29 is 19.8 Å². The van der Waals surface area contributed by atoms with Crippen molar-refractivity contribution in [2.75, 3.05) is 7.05 Å². The van der Waals surface area contributed by atoms with Gasteiger partial charge in [0.1, 0.15) is 0 Å². The monoisotopic (exact) mass is 302 g/mol. The average molecular weight is 302 g/mol. The number of aliphatic carboxylic acids is 2. The van der Waals surface area contributed by atoms with Crippen LogP contribution in [-0.2, 0) is 22.7 Å². The van der Waals surface area contributed by atoms with Crippen LogP contribution in [0.2, 0.25) is 0 Å². The van der Waals surface area contributed by atoms with Crippen molar-refractivity contribution in [3.8, 4) is 0 Å². The predicted octanol–water partition coefficient (Wildman–Crippen LogP) is 1.87. The van der Waals surface area contributed by atoms with Gasteiger partial charge in [0.15, 0.2) is 0 Å². The first-order valence-corrected chi connectivity index (χ1v) is 6.56. The van der Waals surface area contributed by atoms with E-state index in [0.717, 1.165) is 13.1 Å². The third kappa shape index (κ3) is 7.16. The zero-order valence-electron chi connectivity index (χ0n) is 12.2. The first-order chi connectivity index (χ1) is 10.5. The molecular weight excluding hydrogens is 284 g/mol. The largest absolute Gasteiger partial charge is 0.473 e. The molecule has 22 heavy (non-hydrogen) atoms. The van der Waals surface area contributed by atoms with Gasteiger partial charge in [-0.15, -0.1) is 0 Å². The van der Waals surface area contributed by atoms with Crippen LogP contribution < -0.4 is 0 Å². The molecule has 1 aromatic carbocycles. The van der Waals surface area contributed by atoms with Gasteiger partial charge < -0.3 is 10.2 Å². The van der Waals surface area contributed by atoms with E-state index in [4.69, 9.17) is 19.8 Å². The second kappa shape index (κ2) is 9.25. The third-order valence-corrected chi connectivity index (χ3v) is 2.65. The lowest BCUT2D eigenvalue weighted by Gasteiger charge is -2.16. The molecular formula is C16H18N2O4. The summed E-state index contributed by atoms with van der Waals surface area (Å²) in [5.74, 6) is -3.65. The Bertz CT molecular complexity index is 534. The van der Waals surface area contributed by atoms with Crippen LogP contribution in [0.25, 0.3) is 0 Å². The summed E-state index contributed by atoms with van der Waals surface area (Å²) in [4.78, 5) is 24.6. The molecule has 0 amide bonds. The van der Waals surface area contributed by atoms with E-state index in [1.165, 1.54) is 11.1 Å². The Morgan fingerprint density at radius 3 is 2.00 bits per heavy atom. The number of hydrogen-bond acceptors (Lipinski definition) is 4. The Morgan fingerprint density at radius 2 is 1.50 bits per heavy atom. The molecule has 0 saturated carbocycles. The van der Waals surface area contributed by atoms with Gasteiger partial charge in [0, 0.05) is 25.5 Å². The van der Waals surface area contributed by atoms with Crippen molar-refractivity contribution >= 4 is 11.9 Å². The van der Waals surface area contributed by atoms with Crippen molar-refractivity contribution in [1.29, 1.82) is 0 Å². The summed E-state index contributed by atoms with van der Waals surface area (Å²) in [6, 6.07) is 14.6. The second-order valence-electron chi connectivity index (χ2n) is 4.63. The molecule has 0 unspecified atom stereocenters. The lowest BCUT2D eigenvalue weighted by molar-refractivity contribution is -0.159. The quantitative estimate of drug-likeness (QED) is 0.838. The minimum Gasteiger partial charge on any atom is -0.473 e. The van der Waals surface area contributed by atoms with E-state index < -0.39 is 11.9 Å². The zero-order chi connectivity index (χ0) is 16.4. The minimum atomic E-state index is -1.82. The number of carbonyl (C=O) groups is 2. The smallest absolute Gasteiger partial charge is 0.414 e. The van der Waals surface area contributed by atoms with Crippen LogP contribution in [0.3, 0.4) is 0 Å². The Balaban J connectivity index is 0.000000346. The maximum absolute atomic E-state index is 9.10. The van der Waals surface area contributed by atoms with E-state index in [0.29, 0.717) is 0 Å². The number of benzene rings is 1. The number of rotatable bonds is 4. The molecule has 2 rings (SSSR count). The van der Waals surface area contributed by atoms with Crippen LogP contribution in [0.15, 0.2) is 54.9 Å². The molecule has 0 bridgehead atoms. The average Bonchev–Trinajstić information content (AvgIpc) is 2.49. The Hall–Kier alpha value is -2.73. The topological polar surface area (TPSA) is 90.7 Å². The highest BCUT2D eigenvalue weighted by molar-refractivity contribution is 6.27. The van der Waals surface area contributed by atoms with Crippen molar-refractivity contribution in [2.24, 2.45) is 0 Å². The zero-order valence-corrected chi connectivity index (χ0v) is 12.2. The summed E-state index contributed by atoms with van der Waals surface area (Å²) in [6.07, 6.45) is 3.72. The van der Waals surface area contributed by atoms with Crippen LogP contribution >= 0.6 is 0 Å². The first kappa shape index (κ1) is 17.3. The Kier molecular flexibility index (Phi) is 7.28. The molecule has 0 radical (unpaired) electrons. The second-order valence-corrected chi connectivity index (χ2v) is 4.63. The van der Waals surface area contributed by atoms with Gasteiger partial charge in [0.05, 0.1) is 0 Å². The highest BCUT2D eigenvalue weighted by atomic mass is 16.4. The molecule has 116 valence electrons. The van der Waals surface area contributed by atoms with Crippen LogP contribution in [0.5, 0.6) is 0 Å². The summed E-state index contributed by atoms with van der Waals surface area (Å²) >= 11 is 0. The van der Waals surface area contributed by atoms with Gasteiger partial charge in [-0.25, -0.2) is 9.59 Å². The number of nitrogens with zero attached hydrogens (tertiary/aromatic N) is 2. The lowest BCUT2D eigenvalue weighted by Crippen LogP contribution is -2.17. The van der Waals surface area contributed by atoms with E-state index in [9.17, 15) is 0 Å². The third-order valence-electron chi connectivity index (χ3n) is 2.65. The SMILES string of the molecule is CN(Cc1ccccc1)Cc1cccnc1.O=C(O)C(=O)O. The summed E-state index contributed by atoms with van der Waals surface area (Å²) in [7, 11) is 2.12. The van der Waals surface area contributed by atoms with Gasteiger partial charge in [0.2, 0.25) is 0 Å². The lowest BCUT2D eigenvalue weighted by atomic mass is 10.2. The maximum atomic E-state index is 9.10. The molecule has 6 nitrogen and oxygen atoms in total. The van der Waals surface area contributed by atoms with Crippen LogP contribution in [0, 0.1) is 0 Å². The van der Waals surface area contributed by atoms with E-state index in [1.54, 1.807) is 6.20 Å². The van der Waals surface area contributed by atoms with Gasteiger partial charge in [-0.2, -0.15) is 0 Å². The number of hydrogen-bond donors (Lipinski definition) is 2. The van der Waals surface area contributed by atoms with Crippen molar-refractivity contribution in [3.05, 3.63) is 66.0 Å². The van der Waals surface area contributed by atoms with E-state index >= 15 is 0 Å². The number of carboxylic acid groups (broad SMARTS) is 2. The number of carboxylic acids is 2. The fourth-order valence-corrected chi connectivity index (χ4v) is 1.75. The van der Waals surface area contributed by atoms with Gasteiger partial charge >= 0.3 is 11.9 Å². The van der Waals surface area contributed by atoms with E-state index in [-0.39, 0.29) is 0 Å². The molecule has 6 heteroatoms. The normalized spacial score (nSPS) is 9.73. The highest BCUT2D eigenvalue weighted by Crippen LogP contribution is 2.06. The summed E-state index contributed by atoms with van der Waals surface area (Å²) in [5, 5.41) is 14.8. The number of pyridine rings is 1. The van der Waals surface area contributed by atoms with Gasteiger partial charge in [-0.3, -0.25) is 9.88 Å². The van der Waals surface area contributed by atoms with Crippen molar-refractivity contribution in [3.63, 3.8) is 0 Å². The highest BCUT2D eigenvalue weighted by Gasteiger charge is 2.04. The van der Waals surface area contributed by atoms with Crippen molar-refractivity contribution in [2.45, 2.75) is 13.1 Å².